The molecular weight excluding hydrogens is 300 g/mol. The van der Waals surface area contributed by atoms with Gasteiger partial charge in [-0.05, 0) is 32.2 Å². The van der Waals surface area contributed by atoms with Crippen LogP contribution in [-0.2, 0) is 24.4 Å². The second kappa shape index (κ2) is 7.30. The van der Waals surface area contributed by atoms with Crippen LogP contribution in [0.15, 0.2) is 28.2 Å². The second-order valence-corrected chi connectivity index (χ2v) is 6.43. The normalized spacial score (nSPS) is 18.4. The van der Waals surface area contributed by atoms with Gasteiger partial charge in [0.15, 0.2) is 5.16 Å². The topological polar surface area (TPSA) is 56.3 Å². The SMILES string of the molecule is CSc1nnc(CN(C)Cc2ccoc2)n1CC1CCCO1. The lowest BCUT2D eigenvalue weighted by Crippen LogP contribution is -2.23. The fourth-order valence-electron chi connectivity index (χ4n) is 2.75. The Labute approximate surface area is 134 Å². The van der Waals surface area contributed by atoms with Crippen molar-refractivity contribution in [2.45, 2.75) is 43.7 Å². The van der Waals surface area contributed by atoms with Crippen molar-refractivity contribution in [1.82, 2.24) is 19.7 Å². The zero-order chi connectivity index (χ0) is 15.4. The van der Waals surface area contributed by atoms with Crippen molar-refractivity contribution in [2.75, 3.05) is 19.9 Å². The molecule has 6 nitrogen and oxygen atoms in total. The van der Waals surface area contributed by atoms with Gasteiger partial charge in [0.05, 0.1) is 31.7 Å². The molecule has 0 bridgehead atoms. The molecule has 3 rings (SSSR count). The minimum absolute atomic E-state index is 0.292. The molecule has 0 N–H and O–H groups in total. The Balaban J connectivity index is 1.67. The van der Waals surface area contributed by atoms with E-state index >= 15 is 0 Å². The molecule has 120 valence electrons. The van der Waals surface area contributed by atoms with Crippen LogP contribution in [-0.4, -0.2) is 45.7 Å². The number of nitrogens with zero attached hydrogens (tertiary/aromatic N) is 4. The van der Waals surface area contributed by atoms with E-state index in [1.165, 1.54) is 0 Å². The van der Waals surface area contributed by atoms with Crippen LogP contribution in [0.2, 0.25) is 0 Å². The Kier molecular flexibility index (Phi) is 5.17. The van der Waals surface area contributed by atoms with Crippen LogP contribution in [0.1, 0.15) is 24.2 Å². The van der Waals surface area contributed by atoms with Gasteiger partial charge in [-0.1, -0.05) is 11.8 Å². The molecule has 1 unspecified atom stereocenters. The van der Waals surface area contributed by atoms with Crippen LogP contribution in [0.3, 0.4) is 0 Å². The van der Waals surface area contributed by atoms with Crippen molar-refractivity contribution in [3.63, 3.8) is 0 Å². The van der Waals surface area contributed by atoms with E-state index in [4.69, 9.17) is 9.15 Å². The zero-order valence-electron chi connectivity index (χ0n) is 13.1. The Morgan fingerprint density at radius 2 is 2.32 bits per heavy atom. The van der Waals surface area contributed by atoms with Crippen molar-refractivity contribution >= 4 is 11.8 Å². The van der Waals surface area contributed by atoms with Crippen molar-refractivity contribution < 1.29 is 9.15 Å². The Morgan fingerprint density at radius 3 is 3.00 bits per heavy atom. The first-order chi connectivity index (χ1) is 10.8. The molecule has 0 radical (unpaired) electrons. The van der Waals surface area contributed by atoms with Crippen LogP contribution in [0, 0.1) is 0 Å². The van der Waals surface area contributed by atoms with Crippen LogP contribution in [0.25, 0.3) is 0 Å². The summed E-state index contributed by atoms with van der Waals surface area (Å²) < 4.78 is 13.1. The van der Waals surface area contributed by atoms with Crippen molar-refractivity contribution in [2.24, 2.45) is 0 Å². The first-order valence-corrected chi connectivity index (χ1v) is 8.76. The molecule has 2 aromatic rings. The summed E-state index contributed by atoms with van der Waals surface area (Å²) >= 11 is 1.63. The third-order valence-corrected chi connectivity index (χ3v) is 4.50. The summed E-state index contributed by atoms with van der Waals surface area (Å²) in [7, 11) is 2.08. The minimum Gasteiger partial charge on any atom is -0.472 e. The van der Waals surface area contributed by atoms with E-state index in [-0.39, 0.29) is 0 Å². The Bertz CT molecular complexity index is 578. The van der Waals surface area contributed by atoms with Crippen LogP contribution < -0.4 is 0 Å². The summed E-state index contributed by atoms with van der Waals surface area (Å²) in [5.74, 6) is 0.992. The highest BCUT2D eigenvalue weighted by Gasteiger charge is 2.21. The molecule has 0 amide bonds. The smallest absolute Gasteiger partial charge is 0.191 e. The molecule has 1 fully saturated rings. The number of ether oxygens (including phenoxy) is 1. The molecule has 0 saturated carbocycles. The highest BCUT2D eigenvalue weighted by atomic mass is 32.2. The van der Waals surface area contributed by atoms with Crippen LogP contribution >= 0.6 is 11.8 Å². The molecule has 7 heteroatoms. The summed E-state index contributed by atoms with van der Waals surface area (Å²) in [6.07, 6.45) is 8.08. The molecular formula is C15H22N4O2S. The number of thioether (sulfide) groups is 1. The molecule has 2 aromatic heterocycles. The lowest BCUT2D eigenvalue weighted by Gasteiger charge is -2.18. The number of hydrogen-bond acceptors (Lipinski definition) is 6. The zero-order valence-corrected chi connectivity index (χ0v) is 13.9. The van der Waals surface area contributed by atoms with Crippen molar-refractivity contribution in [1.29, 1.82) is 0 Å². The summed E-state index contributed by atoms with van der Waals surface area (Å²) in [6.45, 7) is 3.30. The van der Waals surface area contributed by atoms with E-state index in [9.17, 15) is 0 Å². The second-order valence-electron chi connectivity index (χ2n) is 5.65. The average molecular weight is 322 g/mol. The third-order valence-electron chi connectivity index (χ3n) is 3.83. The Morgan fingerprint density at radius 1 is 1.41 bits per heavy atom. The van der Waals surface area contributed by atoms with E-state index in [1.807, 2.05) is 12.3 Å². The van der Waals surface area contributed by atoms with Gasteiger partial charge in [-0.3, -0.25) is 4.90 Å². The predicted octanol–water partition coefficient (Wildman–Crippen LogP) is 2.40. The van der Waals surface area contributed by atoms with Crippen LogP contribution in [0.5, 0.6) is 0 Å². The van der Waals surface area contributed by atoms with E-state index in [0.29, 0.717) is 6.10 Å². The summed E-state index contributed by atoms with van der Waals surface area (Å²) in [5.41, 5.74) is 1.16. The molecule has 1 aliphatic rings. The molecule has 22 heavy (non-hydrogen) atoms. The van der Waals surface area contributed by atoms with Gasteiger partial charge in [-0.2, -0.15) is 0 Å². The van der Waals surface area contributed by atoms with Crippen molar-refractivity contribution in [3.05, 3.63) is 30.0 Å². The van der Waals surface area contributed by atoms with E-state index in [1.54, 1.807) is 24.3 Å². The molecule has 0 spiro atoms. The lowest BCUT2D eigenvalue weighted by molar-refractivity contribution is 0.0934. The maximum atomic E-state index is 5.76. The fourth-order valence-corrected chi connectivity index (χ4v) is 3.28. The highest BCUT2D eigenvalue weighted by Crippen LogP contribution is 2.20. The molecule has 1 atom stereocenters. The van der Waals surface area contributed by atoms with E-state index in [2.05, 4.69) is 26.7 Å². The van der Waals surface area contributed by atoms with Gasteiger partial charge in [0.2, 0.25) is 0 Å². The molecule has 3 heterocycles. The van der Waals surface area contributed by atoms with Gasteiger partial charge in [0, 0.05) is 18.7 Å². The fraction of sp³-hybridized carbons (Fsp3) is 0.600. The van der Waals surface area contributed by atoms with Gasteiger partial charge >= 0.3 is 0 Å². The summed E-state index contributed by atoms with van der Waals surface area (Å²) in [4.78, 5) is 2.21. The Hall–Kier alpha value is -1.31. The average Bonchev–Trinajstić information content (AvgIpc) is 3.23. The third kappa shape index (κ3) is 3.71. The largest absolute Gasteiger partial charge is 0.472 e. The maximum Gasteiger partial charge on any atom is 0.191 e. The first-order valence-electron chi connectivity index (χ1n) is 7.53. The van der Waals surface area contributed by atoms with Gasteiger partial charge in [0.1, 0.15) is 5.82 Å². The predicted molar refractivity (Wildman–Crippen MR) is 84.7 cm³/mol. The minimum atomic E-state index is 0.292. The molecule has 1 aliphatic heterocycles. The number of aromatic nitrogens is 3. The van der Waals surface area contributed by atoms with Crippen LogP contribution in [0.4, 0.5) is 0 Å². The molecule has 0 aromatic carbocycles. The van der Waals surface area contributed by atoms with Gasteiger partial charge < -0.3 is 13.7 Å². The van der Waals surface area contributed by atoms with Gasteiger partial charge in [-0.25, -0.2) is 0 Å². The highest BCUT2D eigenvalue weighted by molar-refractivity contribution is 7.98. The van der Waals surface area contributed by atoms with E-state index < -0.39 is 0 Å². The maximum absolute atomic E-state index is 5.76. The standard InChI is InChI=1S/C15H22N4O2S/c1-18(8-12-5-7-20-11-12)10-14-16-17-15(22-2)19(14)9-13-4-3-6-21-13/h5,7,11,13H,3-4,6,8-10H2,1-2H3. The monoisotopic (exact) mass is 322 g/mol. The molecule has 0 aliphatic carbocycles. The first kappa shape index (κ1) is 15.6. The quantitative estimate of drug-likeness (QED) is 0.730. The summed E-state index contributed by atoms with van der Waals surface area (Å²) in [6, 6.07) is 1.99. The lowest BCUT2D eigenvalue weighted by atomic mass is 10.2. The van der Waals surface area contributed by atoms with Crippen molar-refractivity contribution in [3.8, 4) is 0 Å². The number of furan rings is 1. The number of hydrogen-bond donors (Lipinski definition) is 0. The molecule has 1 saturated heterocycles. The van der Waals surface area contributed by atoms with E-state index in [0.717, 1.165) is 55.6 Å². The van der Waals surface area contributed by atoms with Gasteiger partial charge in [0.25, 0.3) is 0 Å². The van der Waals surface area contributed by atoms with Gasteiger partial charge in [-0.15, -0.1) is 10.2 Å². The summed E-state index contributed by atoms with van der Waals surface area (Å²) in [5, 5.41) is 9.63. The number of rotatable bonds is 7.